The lowest BCUT2D eigenvalue weighted by Crippen LogP contribution is -2.50. The highest BCUT2D eigenvalue weighted by Gasteiger charge is 2.29. The second kappa shape index (κ2) is 8.57. The van der Waals surface area contributed by atoms with Gasteiger partial charge in [-0.15, -0.1) is 0 Å². The van der Waals surface area contributed by atoms with Crippen LogP contribution >= 0.6 is 0 Å². The fourth-order valence-corrected chi connectivity index (χ4v) is 3.75. The molecule has 1 amide bonds. The van der Waals surface area contributed by atoms with E-state index >= 15 is 0 Å². The van der Waals surface area contributed by atoms with E-state index in [1.165, 1.54) is 24.0 Å². The fraction of sp³-hybridized carbons (Fsp3) is 0.435. The molecule has 0 N–H and O–H groups in total. The monoisotopic (exact) mass is 364 g/mol. The van der Waals surface area contributed by atoms with Crippen LogP contribution in [0.1, 0.15) is 30.0 Å². The standard InChI is InChI=1S/C23H28N2O2/c26-23(27-18-20-11-12-20)25-15-13-24(14-16-25)22(21-9-5-2-6-10-21)17-19-7-3-1-4-8-19/h1-10,20,22H,11-18H2/t22-/m0/s1. The number of carbonyl (C=O) groups is 1. The Morgan fingerprint density at radius 1 is 0.926 bits per heavy atom. The molecule has 1 saturated carbocycles. The van der Waals surface area contributed by atoms with E-state index in [-0.39, 0.29) is 6.09 Å². The number of amides is 1. The molecule has 1 aliphatic carbocycles. The molecule has 1 heterocycles. The Morgan fingerprint density at radius 2 is 1.56 bits per heavy atom. The van der Waals surface area contributed by atoms with Crippen molar-refractivity contribution in [1.29, 1.82) is 0 Å². The van der Waals surface area contributed by atoms with E-state index in [2.05, 4.69) is 65.6 Å². The molecule has 4 rings (SSSR count). The molecule has 142 valence electrons. The molecule has 0 spiro atoms. The number of ether oxygens (including phenoxy) is 1. The number of hydrogen-bond donors (Lipinski definition) is 0. The predicted molar refractivity (Wildman–Crippen MR) is 107 cm³/mol. The highest BCUT2D eigenvalue weighted by molar-refractivity contribution is 5.67. The normalized spacial score (nSPS) is 18.9. The lowest BCUT2D eigenvalue weighted by molar-refractivity contribution is 0.0609. The second-order valence-electron chi connectivity index (χ2n) is 7.66. The summed E-state index contributed by atoms with van der Waals surface area (Å²) in [5, 5.41) is 0. The highest BCUT2D eigenvalue weighted by Crippen LogP contribution is 2.29. The summed E-state index contributed by atoms with van der Waals surface area (Å²) in [5.74, 6) is 0.614. The number of nitrogens with zero attached hydrogens (tertiary/aromatic N) is 2. The van der Waals surface area contributed by atoms with Crippen LogP contribution in [0.25, 0.3) is 0 Å². The van der Waals surface area contributed by atoms with Crippen molar-refractivity contribution in [1.82, 2.24) is 9.80 Å². The second-order valence-corrected chi connectivity index (χ2v) is 7.66. The summed E-state index contributed by atoms with van der Waals surface area (Å²) in [6, 6.07) is 21.7. The molecule has 27 heavy (non-hydrogen) atoms. The van der Waals surface area contributed by atoms with Crippen molar-refractivity contribution in [2.75, 3.05) is 32.8 Å². The zero-order chi connectivity index (χ0) is 18.5. The van der Waals surface area contributed by atoms with Gasteiger partial charge < -0.3 is 9.64 Å². The summed E-state index contributed by atoms with van der Waals surface area (Å²) < 4.78 is 5.45. The lowest BCUT2D eigenvalue weighted by atomic mass is 9.97. The number of carbonyl (C=O) groups excluding carboxylic acids is 1. The molecule has 4 nitrogen and oxygen atoms in total. The van der Waals surface area contributed by atoms with Crippen LogP contribution in [0.4, 0.5) is 4.79 Å². The zero-order valence-corrected chi connectivity index (χ0v) is 15.8. The molecule has 2 aromatic rings. The van der Waals surface area contributed by atoms with E-state index < -0.39 is 0 Å². The Morgan fingerprint density at radius 3 is 2.19 bits per heavy atom. The van der Waals surface area contributed by atoms with Crippen LogP contribution in [-0.4, -0.2) is 48.7 Å². The zero-order valence-electron chi connectivity index (χ0n) is 15.8. The minimum atomic E-state index is -0.138. The molecule has 4 heteroatoms. The first-order chi connectivity index (χ1) is 13.3. The van der Waals surface area contributed by atoms with Gasteiger partial charge in [-0.05, 0) is 36.3 Å². The molecule has 1 atom stereocenters. The van der Waals surface area contributed by atoms with E-state index in [1.54, 1.807) is 0 Å². The topological polar surface area (TPSA) is 32.8 Å². The van der Waals surface area contributed by atoms with Gasteiger partial charge in [0, 0.05) is 32.2 Å². The average molecular weight is 364 g/mol. The highest BCUT2D eigenvalue weighted by atomic mass is 16.6. The number of hydrogen-bond acceptors (Lipinski definition) is 3. The van der Waals surface area contributed by atoms with Crippen LogP contribution in [0, 0.1) is 5.92 Å². The van der Waals surface area contributed by atoms with E-state index in [0.29, 0.717) is 18.6 Å². The SMILES string of the molecule is O=C(OCC1CC1)N1CCN([C@@H](Cc2ccccc2)c2ccccc2)CC1. The third-order valence-corrected chi connectivity index (χ3v) is 5.61. The van der Waals surface area contributed by atoms with Gasteiger partial charge in [0.2, 0.25) is 0 Å². The van der Waals surface area contributed by atoms with Gasteiger partial charge in [-0.3, -0.25) is 4.90 Å². The van der Waals surface area contributed by atoms with Gasteiger partial charge in [0.15, 0.2) is 0 Å². The third kappa shape index (κ3) is 4.89. The van der Waals surface area contributed by atoms with Gasteiger partial charge in [0.05, 0.1) is 6.61 Å². The van der Waals surface area contributed by atoms with Crippen molar-refractivity contribution in [3.8, 4) is 0 Å². The summed E-state index contributed by atoms with van der Waals surface area (Å²) >= 11 is 0. The molecule has 0 bridgehead atoms. The number of rotatable bonds is 6. The van der Waals surface area contributed by atoms with Crippen LogP contribution in [0.15, 0.2) is 60.7 Å². The van der Waals surface area contributed by atoms with E-state index in [0.717, 1.165) is 32.6 Å². The van der Waals surface area contributed by atoms with E-state index in [1.807, 2.05) is 4.90 Å². The molecular weight excluding hydrogens is 336 g/mol. The molecule has 1 saturated heterocycles. The predicted octanol–water partition coefficient (Wildman–Crippen LogP) is 4.13. The van der Waals surface area contributed by atoms with Gasteiger partial charge in [0.25, 0.3) is 0 Å². The molecule has 1 aliphatic heterocycles. The quantitative estimate of drug-likeness (QED) is 0.772. The first-order valence-electron chi connectivity index (χ1n) is 10.0. The molecule has 2 fully saturated rings. The molecule has 2 aromatic carbocycles. The van der Waals surface area contributed by atoms with Crippen LogP contribution < -0.4 is 0 Å². The summed E-state index contributed by atoms with van der Waals surface area (Å²) in [6.45, 7) is 3.83. The molecule has 2 aliphatic rings. The van der Waals surface area contributed by atoms with Crippen LogP contribution in [0.3, 0.4) is 0 Å². The maximum absolute atomic E-state index is 12.3. The summed E-state index contributed by atoms with van der Waals surface area (Å²) in [5.41, 5.74) is 2.68. The van der Waals surface area contributed by atoms with Crippen LogP contribution in [0.5, 0.6) is 0 Å². The largest absolute Gasteiger partial charge is 0.449 e. The van der Waals surface area contributed by atoms with E-state index in [4.69, 9.17) is 4.74 Å². The lowest BCUT2D eigenvalue weighted by Gasteiger charge is -2.39. The molecule has 0 radical (unpaired) electrons. The minimum absolute atomic E-state index is 0.138. The average Bonchev–Trinajstić information content (AvgIpc) is 3.56. The van der Waals surface area contributed by atoms with E-state index in [9.17, 15) is 4.79 Å². The van der Waals surface area contributed by atoms with Crippen molar-refractivity contribution in [3.63, 3.8) is 0 Å². The Labute approximate surface area is 161 Å². The first kappa shape index (κ1) is 18.1. The van der Waals surface area contributed by atoms with Gasteiger partial charge in [-0.25, -0.2) is 4.79 Å². The summed E-state index contributed by atoms with van der Waals surface area (Å²) in [7, 11) is 0. The maximum Gasteiger partial charge on any atom is 0.409 e. The molecule has 0 aromatic heterocycles. The van der Waals surface area contributed by atoms with Gasteiger partial charge >= 0.3 is 6.09 Å². The van der Waals surface area contributed by atoms with Crippen molar-refractivity contribution in [2.45, 2.75) is 25.3 Å². The van der Waals surface area contributed by atoms with Gasteiger partial charge in [-0.2, -0.15) is 0 Å². The molecule has 0 unspecified atom stereocenters. The fourth-order valence-electron chi connectivity index (χ4n) is 3.75. The Kier molecular flexibility index (Phi) is 5.73. The van der Waals surface area contributed by atoms with Crippen molar-refractivity contribution in [2.24, 2.45) is 5.92 Å². The third-order valence-electron chi connectivity index (χ3n) is 5.61. The number of piperazine rings is 1. The van der Waals surface area contributed by atoms with Crippen molar-refractivity contribution in [3.05, 3.63) is 71.8 Å². The Hall–Kier alpha value is -2.33. The van der Waals surface area contributed by atoms with Crippen molar-refractivity contribution >= 4 is 6.09 Å². The van der Waals surface area contributed by atoms with Crippen molar-refractivity contribution < 1.29 is 9.53 Å². The Bertz CT molecular complexity index is 723. The molecular formula is C23H28N2O2. The van der Waals surface area contributed by atoms with Gasteiger partial charge in [-0.1, -0.05) is 60.7 Å². The van der Waals surface area contributed by atoms with Gasteiger partial charge in [0.1, 0.15) is 0 Å². The summed E-state index contributed by atoms with van der Waals surface area (Å²) in [6.07, 6.45) is 3.26. The minimum Gasteiger partial charge on any atom is -0.449 e. The number of benzene rings is 2. The van der Waals surface area contributed by atoms with Crippen LogP contribution in [-0.2, 0) is 11.2 Å². The Balaban J connectivity index is 1.39. The first-order valence-corrected chi connectivity index (χ1v) is 10.0. The smallest absolute Gasteiger partial charge is 0.409 e. The maximum atomic E-state index is 12.3. The van der Waals surface area contributed by atoms with Crippen LogP contribution in [0.2, 0.25) is 0 Å². The summed E-state index contributed by atoms with van der Waals surface area (Å²) in [4.78, 5) is 16.6.